The number of aliphatic imine (C=N–C) groups is 1. The summed E-state index contributed by atoms with van der Waals surface area (Å²) in [7, 11) is -1.45. The molecule has 1 aliphatic rings. The molecule has 0 saturated heterocycles. The van der Waals surface area contributed by atoms with E-state index >= 15 is 0 Å². The van der Waals surface area contributed by atoms with Crippen LogP contribution in [0.1, 0.15) is 31.9 Å². The van der Waals surface area contributed by atoms with E-state index in [9.17, 15) is 8.42 Å². The van der Waals surface area contributed by atoms with Crippen molar-refractivity contribution in [3.8, 4) is 5.75 Å². The van der Waals surface area contributed by atoms with Gasteiger partial charge in [-0.1, -0.05) is 12.1 Å². The molecule has 6 nitrogen and oxygen atoms in total. The minimum atomic E-state index is -3.13. The van der Waals surface area contributed by atoms with Crippen molar-refractivity contribution < 1.29 is 13.2 Å². The van der Waals surface area contributed by atoms with Crippen molar-refractivity contribution in [2.24, 2.45) is 4.99 Å². The van der Waals surface area contributed by atoms with Crippen LogP contribution in [0.15, 0.2) is 23.2 Å². The lowest BCUT2D eigenvalue weighted by atomic mass is 10.1. The second-order valence-electron chi connectivity index (χ2n) is 7.15. The molecule has 1 aromatic carbocycles. The molecule has 0 spiro atoms. The van der Waals surface area contributed by atoms with Crippen LogP contribution in [0.2, 0.25) is 0 Å². The number of nitrogens with zero attached hydrogens (tertiary/aromatic N) is 1. The van der Waals surface area contributed by atoms with Crippen molar-refractivity contribution in [2.45, 2.75) is 38.4 Å². The van der Waals surface area contributed by atoms with Gasteiger partial charge in [-0.15, -0.1) is 0 Å². The molecule has 2 rings (SSSR count). The second-order valence-corrected chi connectivity index (χ2v) is 10.0. The highest BCUT2D eigenvalue weighted by atomic mass is 32.2. The number of guanidine groups is 1. The monoisotopic (exact) mass is 367 g/mol. The van der Waals surface area contributed by atoms with E-state index in [1.807, 2.05) is 6.07 Å². The Balaban J connectivity index is 1.75. The van der Waals surface area contributed by atoms with Crippen LogP contribution >= 0.6 is 0 Å². The van der Waals surface area contributed by atoms with E-state index in [1.165, 1.54) is 11.1 Å². The molecule has 0 radical (unpaired) electrons. The summed E-state index contributed by atoms with van der Waals surface area (Å²) in [6, 6.07) is 6.30. The number of nitrogens with one attached hydrogen (secondary N) is 2. The lowest BCUT2D eigenvalue weighted by Gasteiger charge is -2.19. The Morgan fingerprint density at radius 1 is 1.24 bits per heavy atom. The van der Waals surface area contributed by atoms with Gasteiger partial charge in [0.1, 0.15) is 5.75 Å². The molecule has 0 aromatic heterocycles. The number of fused-ring (bicyclic) bond motifs is 1. The summed E-state index contributed by atoms with van der Waals surface area (Å²) in [5.41, 5.74) is 2.52. The minimum absolute atomic E-state index is 0.0853. The van der Waals surface area contributed by atoms with Crippen LogP contribution in [-0.2, 0) is 22.7 Å². The number of hydrogen-bond acceptors (Lipinski definition) is 4. The van der Waals surface area contributed by atoms with Crippen molar-refractivity contribution in [3.63, 3.8) is 0 Å². The Kier molecular flexibility index (Phi) is 6.32. The van der Waals surface area contributed by atoms with Crippen molar-refractivity contribution in [1.29, 1.82) is 0 Å². The molecule has 0 atom stereocenters. The summed E-state index contributed by atoms with van der Waals surface area (Å²) in [6.45, 7) is 7.00. The predicted octanol–water partition coefficient (Wildman–Crippen LogP) is 1.54. The normalized spacial score (nSPS) is 14.8. The Bertz CT molecular complexity index is 722. The molecule has 0 aliphatic carbocycles. The lowest BCUT2D eigenvalue weighted by Crippen LogP contribution is -2.42. The van der Waals surface area contributed by atoms with E-state index in [4.69, 9.17) is 4.74 Å². The Morgan fingerprint density at radius 3 is 2.64 bits per heavy atom. The van der Waals surface area contributed by atoms with Crippen molar-refractivity contribution in [3.05, 3.63) is 29.3 Å². The van der Waals surface area contributed by atoms with Gasteiger partial charge in [0.05, 0.1) is 17.1 Å². The Labute approximate surface area is 151 Å². The summed E-state index contributed by atoms with van der Waals surface area (Å²) < 4.78 is 29.0. The average Bonchev–Trinajstić information content (AvgIpc) is 2.99. The maximum atomic E-state index is 12.1. The van der Waals surface area contributed by atoms with E-state index in [2.05, 4.69) is 27.8 Å². The number of ether oxygens (including phenoxy) is 1. The van der Waals surface area contributed by atoms with Crippen LogP contribution in [0.3, 0.4) is 0 Å². The zero-order valence-corrected chi connectivity index (χ0v) is 16.4. The summed E-state index contributed by atoms with van der Waals surface area (Å²) in [6.07, 6.45) is 1.84. The van der Waals surface area contributed by atoms with Crippen LogP contribution < -0.4 is 15.4 Å². The van der Waals surface area contributed by atoms with Crippen LogP contribution in [0.4, 0.5) is 0 Å². The van der Waals surface area contributed by atoms with Gasteiger partial charge in [-0.3, -0.25) is 4.99 Å². The maximum Gasteiger partial charge on any atom is 0.191 e. The van der Waals surface area contributed by atoms with E-state index < -0.39 is 14.6 Å². The fraction of sp³-hybridized carbons (Fsp3) is 0.611. The molecular weight excluding hydrogens is 338 g/mol. The third-order valence-electron chi connectivity index (χ3n) is 4.28. The average molecular weight is 368 g/mol. The summed E-state index contributed by atoms with van der Waals surface area (Å²) in [5, 5.41) is 6.29. The molecule has 1 aromatic rings. The van der Waals surface area contributed by atoms with Crippen molar-refractivity contribution in [2.75, 3.05) is 32.5 Å². The van der Waals surface area contributed by atoms with Crippen molar-refractivity contribution in [1.82, 2.24) is 10.6 Å². The van der Waals surface area contributed by atoms with Gasteiger partial charge >= 0.3 is 0 Å². The van der Waals surface area contributed by atoms with Crippen LogP contribution in [0, 0.1) is 0 Å². The zero-order chi connectivity index (χ0) is 18.5. The van der Waals surface area contributed by atoms with E-state index in [-0.39, 0.29) is 5.75 Å². The zero-order valence-electron chi connectivity index (χ0n) is 15.6. The highest BCUT2D eigenvalue weighted by Gasteiger charge is 2.28. The lowest BCUT2D eigenvalue weighted by molar-refractivity contribution is 0.357. The van der Waals surface area contributed by atoms with Gasteiger partial charge in [0.25, 0.3) is 0 Å². The first-order valence-electron chi connectivity index (χ1n) is 8.64. The number of sulfone groups is 1. The van der Waals surface area contributed by atoms with Gasteiger partial charge in [0.2, 0.25) is 0 Å². The molecule has 2 N–H and O–H groups in total. The summed E-state index contributed by atoms with van der Waals surface area (Å²) in [4.78, 5) is 4.14. The van der Waals surface area contributed by atoms with E-state index in [0.717, 1.165) is 31.7 Å². The van der Waals surface area contributed by atoms with Crippen LogP contribution in [0.5, 0.6) is 5.75 Å². The Morgan fingerprint density at radius 2 is 1.96 bits per heavy atom. The third kappa shape index (κ3) is 5.36. The van der Waals surface area contributed by atoms with Crippen molar-refractivity contribution >= 4 is 15.8 Å². The van der Waals surface area contributed by atoms with Gasteiger partial charge in [0, 0.05) is 26.6 Å². The number of benzene rings is 1. The molecule has 1 aliphatic heterocycles. The van der Waals surface area contributed by atoms with Crippen LogP contribution in [0.25, 0.3) is 0 Å². The smallest absolute Gasteiger partial charge is 0.191 e. The SMILES string of the molecule is CN=C(NCCc1ccc2c(c1)CCO2)NCCS(=O)(=O)C(C)(C)C. The van der Waals surface area contributed by atoms with Crippen LogP contribution in [-0.4, -0.2) is 51.6 Å². The molecule has 0 unspecified atom stereocenters. The Hall–Kier alpha value is -1.76. The maximum absolute atomic E-state index is 12.1. The van der Waals surface area contributed by atoms with Gasteiger partial charge in [-0.05, 0) is 44.4 Å². The molecule has 0 saturated carbocycles. The highest BCUT2D eigenvalue weighted by molar-refractivity contribution is 7.92. The van der Waals surface area contributed by atoms with E-state index in [0.29, 0.717) is 12.5 Å². The van der Waals surface area contributed by atoms with Gasteiger partial charge in [-0.25, -0.2) is 8.42 Å². The molecule has 7 heteroatoms. The second kappa shape index (κ2) is 8.08. The first-order valence-corrected chi connectivity index (χ1v) is 10.3. The molecule has 1 heterocycles. The highest BCUT2D eigenvalue weighted by Crippen LogP contribution is 2.25. The number of rotatable bonds is 6. The van der Waals surface area contributed by atoms with Gasteiger partial charge in [0.15, 0.2) is 15.8 Å². The van der Waals surface area contributed by atoms with Gasteiger partial charge in [-0.2, -0.15) is 0 Å². The number of hydrogen-bond donors (Lipinski definition) is 2. The fourth-order valence-electron chi connectivity index (χ4n) is 2.55. The standard InChI is InChI=1S/C18H29N3O3S/c1-18(2,3)25(22,23)12-10-21-17(19-4)20-9-7-14-5-6-16-15(13-14)8-11-24-16/h5-6,13H,7-12H2,1-4H3,(H2,19,20,21). The fourth-order valence-corrected chi connectivity index (χ4v) is 3.53. The molecule has 0 bridgehead atoms. The molecule has 0 amide bonds. The predicted molar refractivity (Wildman–Crippen MR) is 102 cm³/mol. The first kappa shape index (κ1) is 19.6. The quantitative estimate of drug-likeness (QED) is 0.589. The minimum Gasteiger partial charge on any atom is -0.493 e. The topological polar surface area (TPSA) is 79.8 Å². The summed E-state index contributed by atoms with van der Waals surface area (Å²) in [5.74, 6) is 1.70. The third-order valence-corrected chi connectivity index (χ3v) is 6.89. The van der Waals surface area contributed by atoms with E-state index in [1.54, 1.807) is 27.8 Å². The summed E-state index contributed by atoms with van der Waals surface area (Å²) >= 11 is 0. The van der Waals surface area contributed by atoms with Gasteiger partial charge < -0.3 is 15.4 Å². The largest absolute Gasteiger partial charge is 0.493 e. The molecule has 25 heavy (non-hydrogen) atoms. The molecule has 140 valence electrons. The molecule has 0 fully saturated rings. The first-order chi connectivity index (χ1) is 11.7. The molecular formula is C18H29N3O3S.